The number of hydrogen-bond acceptors (Lipinski definition) is 5. The SMILES string of the molecule is C[C@H]1CNC(=O)CCN1Cc1ccc(C(=O)Nc2ccc(C#N)cn2)cc1. The van der Waals surface area contributed by atoms with E-state index in [9.17, 15) is 9.59 Å². The first-order chi connectivity index (χ1) is 13.0. The molecular weight excluding hydrogens is 342 g/mol. The lowest BCUT2D eigenvalue weighted by molar-refractivity contribution is -0.120. The van der Waals surface area contributed by atoms with Gasteiger partial charge in [0, 0.05) is 43.9 Å². The number of aromatic nitrogens is 1. The third-order valence-corrected chi connectivity index (χ3v) is 4.58. The number of nitrogens with one attached hydrogen (secondary N) is 2. The third-order valence-electron chi connectivity index (χ3n) is 4.58. The van der Waals surface area contributed by atoms with Gasteiger partial charge in [0.1, 0.15) is 11.9 Å². The maximum absolute atomic E-state index is 12.3. The first-order valence-electron chi connectivity index (χ1n) is 8.82. The van der Waals surface area contributed by atoms with Crippen LogP contribution in [-0.4, -0.2) is 40.8 Å². The van der Waals surface area contributed by atoms with Crippen LogP contribution in [0.2, 0.25) is 0 Å². The van der Waals surface area contributed by atoms with Gasteiger partial charge in [0.2, 0.25) is 5.91 Å². The molecule has 0 unspecified atom stereocenters. The molecule has 7 nitrogen and oxygen atoms in total. The number of rotatable bonds is 4. The van der Waals surface area contributed by atoms with E-state index in [4.69, 9.17) is 5.26 Å². The predicted octanol–water partition coefficient (Wildman–Crippen LogP) is 1.92. The Kier molecular flexibility index (Phi) is 5.79. The number of amides is 2. The molecule has 2 aromatic rings. The van der Waals surface area contributed by atoms with Crippen molar-refractivity contribution in [2.45, 2.75) is 25.9 Å². The Balaban J connectivity index is 1.61. The smallest absolute Gasteiger partial charge is 0.256 e. The van der Waals surface area contributed by atoms with E-state index in [-0.39, 0.29) is 17.9 Å². The zero-order chi connectivity index (χ0) is 19.2. The molecule has 2 amide bonds. The second-order valence-corrected chi connectivity index (χ2v) is 6.57. The van der Waals surface area contributed by atoms with E-state index >= 15 is 0 Å². The summed E-state index contributed by atoms with van der Waals surface area (Å²) in [5, 5.41) is 14.4. The van der Waals surface area contributed by atoms with Gasteiger partial charge in [-0.2, -0.15) is 5.26 Å². The van der Waals surface area contributed by atoms with Crippen molar-refractivity contribution in [1.29, 1.82) is 5.26 Å². The number of carbonyl (C=O) groups is 2. The van der Waals surface area contributed by atoms with Crippen molar-refractivity contribution < 1.29 is 9.59 Å². The molecule has 0 aliphatic carbocycles. The van der Waals surface area contributed by atoms with Crippen LogP contribution in [0.5, 0.6) is 0 Å². The molecule has 0 saturated carbocycles. The summed E-state index contributed by atoms with van der Waals surface area (Å²) in [6.07, 6.45) is 1.92. The van der Waals surface area contributed by atoms with Crippen molar-refractivity contribution in [1.82, 2.24) is 15.2 Å². The molecule has 0 radical (unpaired) electrons. The summed E-state index contributed by atoms with van der Waals surface area (Å²) in [6, 6.07) is 12.9. The van der Waals surface area contributed by atoms with Crippen LogP contribution in [0.25, 0.3) is 0 Å². The maximum atomic E-state index is 12.3. The molecule has 3 rings (SSSR count). The van der Waals surface area contributed by atoms with E-state index in [2.05, 4.69) is 27.4 Å². The van der Waals surface area contributed by atoms with Gasteiger partial charge in [0.15, 0.2) is 0 Å². The van der Waals surface area contributed by atoms with E-state index in [1.165, 1.54) is 6.20 Å². The second kappa shape index (κ2) is 8.43. The lowest BCUT2D eigenvalue weighted by atomic mass is 10.1. The van der Waals surface area contributed by atoms with Crippen LogP contribution >= 0.6 is 0 Å². The van der Waals surface area contributed by atoms with Gasteiger partial charge < -0.3 is 10.6 Å². The monoisotopic (exact) mass is 363 g/mol. The van der Waals surface area contributed by atoms with Gasteiger partial charge in [-0.15, -0.1) is 0 Å². The van der Waals surface area contributed by atoms with Crippen molar-refractivity contribution in [3.05, 3.63) is 59.3 Å². The minimum absolute atomic E-state index is 0.0905. The van der Waals surface area contributed by atoms with E-state index < -0.39 is 0 Å². The Morgan fingerprint density at radius 2 is 2.11 bits per heavy atom. The van der Waals surface area contributed by atoms with Crippen LogP contribution in [0.15, 0.2) is 42.6 Å². The molecule has 138 valence electrons. The van der Waals surface area contributed by atoms with Gasteiger partial charge in [0.25, 0.3) is 5.91 Å². The number of hydrogen-bond donors (Lipinski definition) is 2. The van der Waals surface area contributed by atoms with Crippen LogP contribution in [0, 0.1) is 11.3 Å². The first kappa shape index (κ1) is 18.5. The van der Waals surface area contributed by atoms with E-state index in [0.717, 1.165) is 18.7 Å². The number of pyridine rings is 1. The summed E-state index contributed by atoms with van der Waals surface area (Å²) in [4.78, 5) is 30.2. The molecule has 27 heavy (non-hydrogen) atoms. The largest absolute Gasteiger partial charge is 0.355 e. The quantitative estimate of drug-likeness (QED) is 0.865. The van der Waals surface area contributed by atoms with Crippen molar-refractivity contribution in [2.75, 3.05) is 18.4 Å². The molecule has 1 aromatic heterocycles. The van der Waals surface area contributed by atoms with Gasteiger partial charge in [-0.05, 0) is 36.8 Å². The molecule has 1 saturated heterocycles. The number of nitriles is 1. The molecule has 1 aliphatic heterocycles. The molecule has 2 N–H and O–H groups in total. The normalized spacial score (nSPS) is 17.5. The van der Waals surface area contributed by atoms with E-state index in [1.54, 1.807) is 24.3 Å². The molecule has 2 heterocycles. The minimum atomic E-state index is -0.253. The van der Waals surface area contributed by atoms with Gasteiger partial charge in [0.05, 0.1) is 5.56 Å². The third kappa shape index (κ3) is 4.90. The zero-order valence-electron chi connectivity index (χ0n) is 15.1. The number of nitrogens with zero attached hydrogens (tertiary/aromatic N) is 3. The first-order valence-corrected chi connectivity index (χ1v) is 8.82. The van der Waals surface area contributed by atoms with Crippen LogP contribution in [0.1, 0.15) is 34.8 Å². The summed E-state index contributed by atoms with van der Waals surface area (Å²) in [5.74, 6) is 0.239. The summed E-state index contributed by atoms with van der Waals surface area (Å²) in [7, 11) is 0. The molecule has 1 aliphatic rings. The number of benzene rings is 1. The highest BCUT2D eigenvalue weighted by atomic mass is 16.2. The number of carbonyl (C=O) groups excluding carboxylic acids is 2. The van der Waals surface area contributed by atoms with Crippen LogP contribution in [0.3, 0.4) is 0 Å². The van der Waals surface area contributed by atoms with Crippen molar-refractivity contribution >= 4 is 17.6 Å². The highest BCUT2D eigenvalue weighted by Crippen LogP contribution is 2.13. The Bertz CT molecular complexity index is 855. The average Bonchev–Trinajstić information content (AvgIpc) is 2.85. The molecular formula is C20H21N5O2. The lowest BCUT2D eigenvalue weighted by Gasteiger charge is -2.26. The molecule has 0 bridgehead atoms. The summed E-state index contributed by atoms with van der Waals surface area (Å²) >= 11 is 0. The summed E-state index contributed by atoms with van der Waals surface area (Å²) in [5.41, 5.74) is 2.06. The van der Waals surface area contributed by atoms with Crippen LogP contribution in [-0.2, 0) is 11.3 Å². The molecule has 1 atom stereocenters. The fourth-order valence-corrected chi connectivity index (χ4v) is 2.90. The average molecular weight is 363 g/mol. The van der Waals surface area contributed by atoms with Gasteiger partial charge in [-0.25, -0.2) is 4.98 Å². The summed E-state index contributed by atoms with van der Waals surface area (Å²) in [6.45, 7) is 4.20. The minimum Gasteiger partial charge on any atom is -0.355 e. The van der Waals surface area contributed by atoms with Gasteiger partial charge in [-0.1, -0.05) is 12.1 Å². The highest BCUT2D eigenvalue weighted by Gasteiger charge is 2.20. The molecule has 7 heteroatoms. The van der Waals surface area contributed by atoms with Gasteiger partial charge in [-0.3, -0.25) is 14.5 Å². The standard InChI is InChI=1S/C20H21N5O2/c1-14-11-23-19(26)8-9-25(14)13-15-2-5-17(6-3-15)20(27)24-18-7-4-16(10-21)12-22-18/h2-7,12,14H,8-9,11,13H2,1H3,(H,23,26)(H,22,24,27)/t14-/m0/s1. The fraction of sp³-hybridized carbons (Fsp3) is 0.300. The molecule has 0 spiro atoms. The van der Waals surface area contributed by atoms with Crippen molar-refractivity contribution in [2.24, 2.45) is 0 Å². The van der Waals surface area contributed by atoms with E-state index in [1.807, 2.05) is 18.2 Å². The highest BCUT2D eigenvalue weighted by molar-refractivity contribution is 6.03. The lowest BCUT2D eigenvalue weighted by Crippen LogP contribution is -2.37. The predicted molar refractivity (Wildman–Crippen MR) is 101 cm³/mol. The van der Waals surface area contributed by atoms with E-state index in [0.29, 0.717) is 29.9 Å². The Hall–Kier alpha value is -3.24. The zero-order valence-corrected chi connectivity index (χ0v) is 15.1. The van der Waals surface area contributed by atoms with Crippen molar-refractivity contribution in [3.63, 3.8) is 0 Å². The van der Waals surface area contributed by atoms with Gasteiger partial charge >= 0.3 is 0 Å². The Morgan fingerprint density at radius 3 is 2.78 bits per heavy atom. The molecule has 1 fully saturated rings. The van der Waals surface area contributed by atoms with Crippen LogP contribution < -0.4 is 10.6 Å². The summed E-state index contributed by atoms with van der Waals surface area (Å²) < 4.78 is 0. The number of anilines is 1. The van der Waals surface area contributed by atoms with Crippen molar-refractivity contribution in [3.8, 4) is 6.07 Å². The maximum Gasteiger partial charge on any atom is 0.256 e. The topological polar surface area (TPSA) is 98.1 Å². The Morgan fingerprint density at radius 1 is 1.33 bits per heavy atom. The Labute approximate surface area is 158 Å². The molecule has 1 aromatic carbocycles. The fourth-order valence-electron chi connectivity index (χ4n) is 2.90. The van der Waals surface area contributed by atoms with Crippen LogP contribution in [0.4, 0.5) is 5.82 Å². The second-order valence-electron chi connectivity index (χ2n) is 6.57.